The SMILES string of the molecule is O=C(O)c1cccc(Oc2c(-c3ccccc3)cccc2-c2ccccc2)c1. The minimum absolute atomic E-state index is 0.191. The van der Waals surface area contributed by atoms with Crippen molar-refractivity contribution in [1.29, 1.82) is 0 Å². The number of carboxylic acids is 1. The Morgan fingerprint density at radius 1 is 0.643 bits per heavy atom. The zero-order chi connectivity index (χ0) is 19.3. The van der Waals surface area contributed by atoms with Crippen molar-refractivity contribution in [3.63, 3.8) is 0 Å². The van der Waals surface area contributed by atoms with Crippen LogP contribution < -0.4 is 4.74 Å². The lowest BCUT2D eigenvalue weighted by Gasteiger charge is -2.16. The van der Waals surface area contributed by atoms with E-state index < -0.39 is 5.97 Å². The predicted molar refractivity (Wildman–Crippen MR) is 111 cm³/mol. The van der Waals surface area contributed by atoms with Crippen LogP contribution >= 0.6 is 0 Å². The number of ether oxygens (including phenoxy) is 1. The first-order valence-corrected chi connectivity index (χ1v) is 8.97. The van der Waals surface area contributed by atoms with E-state index in [-0.39, 0.29) is 5.56 Å². The van der Waals surface area contributed by atoms with Crippen molar-refractivity contribution in [3.05, 3.63) is 109 Å². The molecule has 0 heterocycles. The van der Waals surface area contributed by atoms with E-state index in [1.54, 1.807) is 24.3 Å². The highest BCUT2D eigenvalue weighted by atomic mass is 16.5. The van der Waals surface area contributed by atoms with Crippen molar-refractivity contribution in [2.24, 2.45) is 0 Å². The molecular formula is C25H18O3. The summed E-state index contributed by atoms with van der Waals surface area (Å²) in [6, 6.07) is 32.6. The Hall–Kier alpha value is -3.85. The van der Waals surface area contributed by atoms with Gasteiger partial charge >= 0.3 is 5.97 Å². The van der Waals surface area contributed by atoms with E-state index in [9.17, 15) is 9.90 Å². The molecule has 136 valence electrons. The lowest BCUT2D eigenvalue weighted by molar-refractivity contribution is 0.0696. The number of benzene rings is 4. The molecule has 1 N–H and O–H groups in total. The number of carboxylic acid groups (broad SMARTS) is 1. The van der Waals surface area contributed by atoms with Crippen LogP contribution in [0.4, 0.5) is 0 Å². The molecule has 0 saturated heterocycles. The molecule has 0 atom stereocenters. The van der Waals surface area contributed by atoms with Gasteiger partial charge in [0.05, 0.1) is 5.56 Å². The van der Waals surface area contributed by atoms with Gasteiger partial charge in [-0.15, -0.1) is 0 Å². The molecule has 3 nitrogen and oxygen atoms in total. The van der Waals surface area contributed by atoms with E-state index in [1.807, 2.05) is 78.9 Å². The highest BCUT2D eigenvalue weighted by Gasteiger charge is 2.15. The average molecular weight is 366 g/mol. The summed E-state index contributed by atoms with van der Waals surface area (Å²) < 4.78 is 6.28. The number of para-hydroxylation sites is 1. The van der Waals surface area contributed by atoms with Gasteiger partial charge in [0.25, 0.3) is 0 Å². The van der Waals surface area contributed by atoms with E-state index in [1.165, 1.54) is 0 Å². The molecule has 3 heteroatoms. The fraction of sp³-hybridized carbons (Fsp3) is 0. The number of hydrogen-bond donors (Lipinski definition) is 1. The number of carbonyl (C=O) groups is 1. The first-order chi connectivity index (χ1) is 13.7. The third-order valence-electron chi connectivity index (χ3n) is 4.49. The Morgan fingerprint density at radius 2 is 1.18 bits per heavy atom. The lowest BCUT2D eigenvalue weighted by atomic mass is 9.97. The predicted octanol–water partition coefficient (Wildman–Crippen LogP) is 6.51. The summed E-state index contributed by atoms with van der Waals surface area (Å²) in [6.45, 7) is 0. The van der Waals surface area contributed by atoms with Gasteiger partial charge in [0.15, 0.2) is 0 Å². The van der Waals surface area contributed by atoms with Crippen LogP contribution in [0.5, 0.6) is 11.5 Å². The van der Waals surface area contributed by atoms with Crippen LogP contribution in [-0.4, -0.2) is 11.1 Å². The van der Waals surface area contributed by atoms with Crippen molar-refractivity contribution in [2.75, 3.05) is 0 Å². The van der Waals surface area contributed by atoms with Gasteiger partial charge in [-0.25, -0.2) is 4.79 Å². The molecule has 0 spiro atoms. The summed E-state index contributed by atoms with van der Waals surface area (Å²) in [6.07, 6.45) is 0. The molecule has 0 radical (unpaired) electrons. The van der Waals surface area contributed by atoms with Crippen LogP contribution in [0.15, 0.2) is 103 Å². The zero-order valence-corrected chi connectivity index (χ0v) is 15.1. The summed E-state index contributed by atoms with van der Waals surface area (Å²) in [4.78, 5) is 11.3. The van der Waals surface area contributed by atoms with Crippen LogP contribution in [0.1, 0.15) is 10.4 Å². The minimum atomic E-state index is -0.981. The second-order valence-electron chi connectivity index (χ2n) is 6.35. The monoisotopic (exact) mass is 366 g/mol. The van der Waals surface area contributed by atoms with E-state index in [0.717, 1.165) is 22.3 Å². The van der Waals surface area contributed by atoms with Gasteiger partial charge < -0.3 is 9.84 Å². The van der Waals surface area contributed by atoms with Gasteiger partial charge in [0, 0.05) is 11.1 Å². The molecule has 0 fully saturated rings. The Bertz CT molecular complexity index is 1050. The minimum Gasteiger partial charge on any atom is -0.478 e. The van der Waals surface area contributed by atoms with Crippen LogP contribution in [-0.2, 0) is 0 Å². The van der Waals surface area contributed by atoms with Gasteiger partial charge in [-0.2, -0.15) is 0 Å². The van der Waals surface area contributed by atoms with E-state index in [4.69, 9.17) is 4.74 Å². The molecule has 28 heavy (non-hydrogen) atoms. The van der Waals surface area contributed by atoms with Crippen molar-refractivity contribution in [3.8, 4) is 33.8 Å². The van der Waals surface area contributed by atoms with E-state index >= 15 is 0 Å². The molecule has 0 aliphatic carbocycles. The zero-order valence-electron chi connectivity index (χ0n) is 15.1. The Balaban J connectivity index is 1.88. The molecule has 4 rings (SSSR count). The summed E-state index contributed by atoms with van der Waals surface area (Å²) in [5.74, 6) is 0.202. The van der Waals surface area contributed by atoms with Gasteiger partial charge in [-0.1, -0.05) is 84.9 Å². The number of rotatable bonds is 5. The molecule has 0 unspecified atom stereocenters. The highest BCUT2D eigenvalue weighted by molar-refractivity contribution is 5.88. The highest BCUT2D eigenvalue weighted by Crippen LogP contribution is 2.41. The van der Waals surface area contributed by atoms with Gasteiger partial charge in [-0.3, -0.25) is 0 Å². The summed E-state index contributed by atoms with van der Waals surface area (Å²) in [7, 11) is 0. The summed E-state index contributed by atoms with van der Waals surface area (Å²) in [5, 5.41) is 9.28. The van der Waals surface area contributed by atoms with Crippen molar-refractivity contribution in [2.45, 2.75) is 0 Å². The van der Waals surface area contributed by atoms with Crippen LogP contribution in [0, 0.1) is 0 Å². The molecule has 4 aromatic rings. The average Bonchev–Trinajstić information content (AvgIpc) is 2.75. The maximum atomic E-state index is 11.3. The fourth-order valence-electron chi connectivity index (χ4n) is 3.15. The molecule has 0 bridgehead atoms. The fourth-order valence-corrected chi connectivity index (χ4v) is 3.15. The van der Waals surface area contributed by atoms with Crippen molar-refractivity contribution < 1.29 is 14.6 Å². The van der Waals surface area contributed by atoms with Crippen molar-refractivity contribution >= 4 is 5.97 Å². The first kappa shape index (κ1) is 17.6. The maximum Gasteiger partial charge on any atom is 0.335 e. The molecule has 4 aromatic carbocycles. The molecule has 0 saturated carbocycles. The van der Waals surface area contributed by atoms with E-state index in [2.05, 4.69) is 0 Å². The molecule has 0 aliphatic heterocycles. The van der Waals surface area contributed by atoms with Gasteiger partial charge in [0.2, 0.25) is 0 Å². The summed E-state index contributed by atoms with van der Waals surface area (Å²) >= 11 is 0. The van der Waals surface area contributed by atoms with Crippen molar-refractivity contribution in [1.82, 2.24) is 0 Å². The maximum absolute atomic E-state index is 11.3. The Morgan fingerprint density at radius 3 is 1.71 bits per heavy atom. The Kier molecular flexibility index (Phi) is 4.89. The number of aromatic carboxylic acids is 1. The van der Waals surface area contributed by atoms with Crippen LogP contribution in [0.3, 0.4) is 0 Å². The summed E-state index contributed by atoms with van der Waals surface area (Å²) in [5.41, 5.74) is 4.15. The smallest absolute Gasteiger partial charge is 0.335 e. The van der Waals surface area contributed by atoms with E-state index in [0.29, 0.717) is 11.5 Å². The third-order valence-corrected chi connectivity index (χ3v) is 4.49. The lowest BCUT2D eigenvalue weighted by Crippen LogP contribution is -1.97. The topological polar surface area (TPSA) is 46.5 Å². The quantitative estimate of drug-likeness (QED) is 0.438. The second-order valence-corrected chi connectivity index (χ2v) is 6.35. The van der Waals surface area contributed by atoms with Gasteiger partial charge in [-0.05, 0) is 29.3 Å². The third kappa shape index (κ3) is 3.64. The van der Waals surface area contributed by atoms with Gasteiger partial charge in [0.1, 0.15) is 11.5 Å². The van der Waals surface area contributed by atoms with Crippen LogP contribution in [0.25, 0.3) is 22.3 Å². The van der Waals surface area contributed by atoms with Crippen LogP contribution in [0.2, 0.25) is 0 Å². The first-order valence-electron chi connectivity index (χ1n) is 8.97. The molecular weight excluding hydrogens is 348 g/mol. The number of hydrogen-bond acceptors (Lipinski definition) is 2. The Labute approximate surface area is 163 Å². The standard InChI is InChI=1S/C25H18O3/c26-25(27)20-13-7-14-21(17-20)28-24-22(18-9-3-1-4-10-18)15-8-16-23(24)19-11-5-2-6-12-19/h1-17H,(H,26,27). The molecule has 0 aromatic heterocycles. The normalized spacial score (nSPS) is 10.4. The molecule has 0 amide bonds. The second kappa shape index (κ2) is 7.80. The molecule has 0 aliphatic rings. The largest absolute Gasteiger partial charge is 0.478 e.